The first-order valence-electron chi connectivity index (χ1n) is 10.9. The summed E-state index contributed by atoms with van der Waals surface area (Å²) >= 11 is 6.25. The highest BCUT2D eigenvalue weighted by atomic mass is 35.5. The maximum absolute atomic E-state index is 13.3. The van der Waals surface area contributed by atoms with Crippen LogP contribution >= 0.6 is 11.6 Å². The lowest BCUT2D eigenvalue weighted by molar-refractivity contribution is -0.132. The maximum Gasteiger partial charge on any atom is 0.300 e. The maximum atomic E-state index is 13.3. The average Bonchev–Trinajstić information content (AvgIpc) is 3.13. The van der Waals surface area contributed by atoms with E-state index in [1.54, 1.807) is 60.7 Å². The van der Waals surface area contributed by atoms with Gasteiger partial charge in [-0.1, -0.05) is 29.8 Å². The SMILES string of the molecule is COc1ccc(/C(O)=C2\C(=O)C(=O)N(c3ccc(NC(C)=O)cc3)C2c2ccccc2OC)cc1Cl. The minimum atomic E-state index is -0.992. The van der Waals surface area contributed by atoms with Crippen LogP contribution in [-0.4, -0.2) is 36.9 Å². The fourth-order valence-corrected chi connectivity index (χ4v) is 4.42. The van der Waals surface area contributed by atoms with Gasteiger partial charge < -0.3 is 19.9 Å². The molecule has 0 bridgehead atoms. The molecule has 9 heteroatoms. The van der Waals surface area contributed by atoms with Crippen LogP contribution in [0.4, 0.5) is 11.4 Å². The van der Waals surface area contributed by atoms with Crippen LogP contribution < -0.4 is 19.7 Å². The van der Waals surface area contributed by atoms with E-state index in [0.29, 0.717) is 28.4 Å². The number of hydrogen-bond acceptors (Lipinski definition) is 6. The van der Waals surface area contributed by atoms with Gasteiger partial charge in [-0.3, -0.25) is 19.3 Å². The summed E-state index contributed by atoms with van der Waals surface area (Å²) in [5, 5.41) is 14.2. The number of carbonyl (C=O) groups is 3. The van der Waals surface area contributed by atoms with Gasteiger partial charge in [0.05, 0.1) is 30.9 Å². The van der Waals surface area contributed by atoms with Gasteiger partial charge in [-0.15, -0.1) is 0 Å². The van der Waals surface area contributed by atoms with E-state index < -0.39 is 17.7 Å². The van der Waals surface area contributed by atoms with Crippen molar-refractivity contribution >= 4 is 46.3 Å². The third kappa shape index (κ3) is 4.50. The van der Waals surface area contributed by atoms with Crippen molar-refractivity contribution < 1.29 is 29.0 Å². The average molecular weight is 507 g/mol. The number of para-hydroxylation sites is 1. The summed E-state index contributed by atoms with van der Waals surface area (Å²) in [7, 11) is 2.95. The molecule has 0 spiro atoms. The van der Waals surface area contributed by atoms with Crippen LogP contribution in [0.15, 0.2) is 72.3 Å². The van der Waals surface area contributed by atoms with Crippen LogP contribution in [0.25, 0.3) is 5.76 Å². The van der Waals surface area contributed by atoms with E-state index in [-0.39, 0.29) is 27.8 Å². The zero-order chi connectivity index (χ0) is 26.0. The van der Waals surface area contributed by atoms with Gasteiger partial charge in [0.1, 0.15) is 17.3 Å². The second-order valence-electron chi connectivity index (χ2n) is 7.99. The minimum Gasteiger partial charge on any atom is -0.507 e. The predicted molar refractivity (Wildman–Crippen MR) is 137 cm³/mol. The second kappa shape index (κ2) is 10.1. The summed E-state index contributed by atoms with van der Waals surface area (Å²) in [5.74, 6) is -1.47. The zero-order valence-corrected chi connectivity index (χ0v) is 20.5. The molecule has 1 heterocycles. The number of halogens is 1. The highest BCUT2D eigenvalue weighted by Crippen LogP contribution is 2.45. The zero-order valence-electron chi connectivity index (χ0n) is 19.7. The standard InChI is InChI=1S/C27H23ClN2O6/c1-15(31)29-17-9-11-18(12-10-17)30-24(19-6-4-5-7-21(19)35-2)23(26(33)27(30)34)25(32)16-8-13-22(36-3)20(28)14-16/h4-14,24,32H,1-3H3,(H,29,31)/b25-23+. The number of Topliss-reactive ketones (excluding diaryl/α,β-unsaturated/α-hetero) is 1. The van der Waals surface area contributed by atoms with Gasteiger partial charge in [-0.2, -0.15) is 0 Å². The fourth-order valence-electron chi connectivity index (χ4n) is 4.16. The molecular weight excluding hydrogens is 484 g/mol. The van der Waals surface area contributed by atoms with Crippen LogP contribution in [0.2, 0.25) is 5.02 Å². The van der Waals surface area contributed by atoms with Gasteiger partial charge in [0.2, 0.25) is 5.91 Å². The van der Waals surface area contributed by atoms with Crippen LogP contribution in [0.5, 0.6) is 11.5 Å². The van der Waals surface area contributed by atoms with E-state index >= 15 is 0 Å². The lowest BCUT2D eigenvalue weighted by atomic mass is 9.94. The largest absolute Gasteiger partial charge is 0.507 e. The molecule has 3 aromatic rings. The van der Waals surface area contributed by atoms with Crippen LogP contribution in [0, 0.1) is 0 Å². The Bertz CT molecular complexity index is 1380. The van der Waals surface area contributed by atoms with Crippen LogP contribution in [0.1, 0.15) is 24.1 Å². The monoisotopic (exact) mass is 506 g/mol. The van der Waals surface area contributed by atoms with Crippen molar-refractivity contribution in [1.29, 1.82) is 0 Å². The number of ketones is 1. The van der Waals surface area contributed by atoms with Crippen LogP contribution in [-0.2, 0) is 14.4 Å². The van der Waals surface area contributed by atoms with Crippen molar-refractivity contribution in [2.24, 2.45) is 0 Å². The van der Waals surface area contributed by atoms with E-state index in [1.165, 1.54) is 32.1 Å². The van der Waals surface area contributed by atoms with E-state index in [9.17, 15) is 19.5 Å². The first-order chi connectivity index (χ1) is 17.3. The Morgan fingerprint density at radius 3 is 2.25 bits per heavy atom. The molecule has 1 unspecified atom stereocenters. The summed E-state index contributed by atoms with van der Waals surface area (Å²) in [6, 6.07) is 17.0. The van der Waals surface area contributed by atoms with Crippen molar-refractivity contribution in [3.8, 4) is 11.5 Å². The van der Waals surface area contributed by atoms with Gasteiger partial charge in [0, 0.05) is 29.4 Å². The fraction of sp³-hybridized carbons (Fsp3) is 0.148. The summed E-state index contributed by atoms with van der Waals surface area (Å²) in [6.07, 6.45) is 0. The van der Waals surface area contributed by atoms with Crippen molar-refractivity contribution in [3.05, 3.63) is 88.5 Å². The number of nitrogens with zero attached hydrogens (tertiary/aromatic N) is 1. The van der Waals surface area contributed by atoms with Crippen molar-refractivity contribution in [1.82, 2.24) is 0 Å². The Labute approximate surface area is 212 Å². The Morgan fingerprint density at radius 1 is 0.972 bits per heavy atom. The van der Waals surface area contributed by atoms with E-state index in [0.717, 1.165) is 0 Å². The molecule has 1 fully saturated rings. The van der Waals surface area contributed by atoms with E-state index in [2.05, 4.69) is 5.32 Å². The number of aliphatic hydroxyl groups excluding tert-OH is 1. The Morgan fingerprint density at radius 2 is 1.64 bits per heavy atom. The molecular formula is C27H23ClN2O6. The van der Waals surface area contributed by atoms with Gasteiger partial charge in [-0.05, 0) is 48.5 Å². The number of ether oxygens (including phenoxy) is 2. The summed E-state index contributed by atoms with van der Waals surface area (Å²) < 4.78 is 10.7. The third-order valence-corrected chi connectivity index (χ3v) is 6.06. The van der Waals surface area contributed by atoms with Gasteiger partial charge in [-0.25, -0.2) is 0 Å². The molecule has 8 nitrogen and oxygen atoms in total. The lowest BCUT2D eigenvalue weighted by Crippen LogP contribution is -2.29. The molecule has 2 N–H and O–H groups in total. The van der Waals surface area contributed by atoms with E-state index in [4.69, 9.17) is 21.1 Å². The molecule has 36 heavy (non-hydrogen) atoms. The number of benzene rings is 3. The van der Waals surface area contributed by atoms with Gasteiger partial charge >= 0.3 is 0 Å². The van der Waals surface area contributed by atoms with Crippen molar-refractivity contribution in [2.45, 2.75) is 13.0 Å². The smallest absolute Gasteiger partial charge is 0.300 e. The topological polar surface area (TPSA) is 105 Å². The van der Waals surface area contributed by atoms with E-state index in [1.807, 2.05) is 0 Å². The molecule has 4 rings (SSSR count). The molecule has 1 aliphatic heterocycles. The molecule has 0 radical (unpaired) electrons. The molecule has 0 saturated carbocycles. The lowest BCUT2D eigenvalue weighted by Gasteiger charge is -2.26. The highest BCUT2D eigenvalue weighted by molar-refractivity contribution is 6.51. The summed E-state index contributed by atoms with van der Waals surface area (Å²) in [5.41, 5.74) is 1.57. The van der Waals surface area contributed by atoms with Gasteiger partial charge in [0.15, 0.2) is 0 Å². The van der Waals surface area contributed by atoms with Crippen molar-refractivity contribution in [3.63, 3.8) is 0 Å². The van der Waals surface area contributed by atoms with Crippen molar-refractivity contribution in [2.75, 3.05) is 24.4 Å². The number of methoxy groups -OCH3 is 2. The number of anilines is 2. The molecule has 0 aliphatic carbocycles. The molecule has 1 saturated heterocycles. The Kier molecular flexibility index (Phi) is 6.98. The number of rotatable bonds is 6. The number of nitrogens with one attached hydrogen (secondary N) is 1. The molecule has 1 aliphatic rings. The molecule has 3 aromatic carbocycles. The molecule has 2 amide bonds. The Balaban J connectivity index is 1.92. The summed E-state index contributed by atoms with van der Waals surface area (Å²) in [4.78, 5) is 39.4. The summed E-state index contributed by atoms with van der Waals surface area (Å²) in [6.45, 7) is 1.39. The Hall–Kier alpha value is -4.30. The number of hydrogen-bond donors (Lipinski definition) is 2. The minimum absolute atomic E-state index is 0.114. The van der Waals surface area contributed by atoms with Gasteiger partial charge in [0.25, 0.3) is 11.7 Å². The third-order valence-electron chi connectivity index (χ3n) is 5.77. The second-order valence-corrected chi connectivity index (χ2v) is 8.40. The van der Waals surface area contributed by atoms with Crippen LogP contribution in [0.3, 0.4) is 0 Å². The number of aliphatic hydroxyl groups is 1. The molecule has 0 aromatic heterocycles. The first kappa shape index (κ1) is 24.8. The normalized spacial score (nSPS) is 16.7. The quantitative estimate of drug-likeness (QED) is 0.279. The highest BCUT2D eigenvalue weighted by Gasteiger charge is 2.48. The predicted octanol–water partition coefficient (Wildman–Crippen LogP) is 4.94. The molecule has 184 valence electrons. The molecule has 1 atom stereocenters. The number of amides is 2. The number of carbonyl (C=O) groups excluding carboxylic acids is 3. The first-order valence-corrected chi connectivity index (χ1v) is 11.3.